The Morgan fingerprint density at radius 1 is 1.33 bits per heavy atom. The highest BCUT2D eigenvalue weighted by atomic mass is 35.5. The van der Waals surface area contributed by atoms with E-state index < -0.39 is 0 Å². The molecule has 4 nitrogen and oxygen atoms in total. The molecule has 0 unspecified atom stereocenters. The lowest BCUT2D eigenvalue weighted by atomic mass is 10.3. The van der Waals surface area contributed by atoms with E-state index in [9.17, 15) is 0 Å². The molecule has 0 aliphatic heterocycles. The van der Waals surface area contributed by atoms with E-state index in [0.717, 1.165) is 5.56 Å². The predicted molar refractivity (Wildman–Crippen MR) is 61.2 cm³/mol. The average Bonchev–Trinajstić information content (AvgIpc) is 2.26. The maximum Gasteiger partial charge on any atom is 0.222 e. The molecule has 3 N–H and O–H groups in total. The fourth-order valence-corrected chi connectivity index (χ4v) is 0.985. The molecule has 80 valence electrons. The Labute approximate surface area is 93.9 Å². The average molecular weight is 225 g/mol. The van der Waals surface area contributed by atoms with Crippen molar-refractivity contribution in [1.82, 2.24) is 15.3 Å². The Hall–Kier alpha value is -1.39. The summed E-state index contributed by atoms with van der Waals surface area (Å²) < 4.78 is 0. The highest BCUT2D eigenvalue weighted by molar-refractivity contribution is 6.28. The van der Waals surface area contributed by atoms with E-state index in [1.165, 1.54) is 0 Å². The lowest BCUT2D eigenvalue weighted by Gasteiger charge is -1.99. The summed E-state index contributed by atoms with van der Waals surface area (Å²) in [6.45, 7) is 1.22. The van der Waals surface area contributed by atoms with Crippen molar-refractivity contribution in [3.8, 4) is 0 Å². The van der Waals surface area contributed by atoms with Crippen molar-refractivity contribution in [3.63, 3.8) is 0 Å². The predicted octanol–water partition coefficient (Wildman–Crippen LogP) is 1.25. The third-order valence-corrected chi connectivity index (χ3v) is 1.77. The van der Waals surface area contributed by atoms with Crippen LogP contribution < -0.4 is 11.1 Å². The Morgan fingerprint density at radius 2 is 2.07 bits per heavy atom. The normalized spacial score (nSPS) is 11.3. The van der Waals surface area contributed by atoms with E-state index in [0.29, 0.717) is 13.1 Å². The van der Waals surface area contributed by atoms with Crippen LogP contribution in [0.15, 0.2) is 36.8 Å². The molecule has 0 saturated heterocycles. The van der Waals surface area contributed by atoms with Crippen molar-refractivity contribution in [3.05, 3.63) is 47.7 Å². The molecule has 0 saturated carbocycles. The van der Waals surface area contributed by atoms with Crippen LogP contribution in [0.3, 0.4) is 0 Å². The molecule has 0 aromatic carbocycles. The third-order valence-electron chi connectivity index (χ3n) is 1.58. The van der Waals surface area contributed by atoms with Gasteiger partial charge in [0.25, 0.3) is 0 Å². The van der Waals surface area contributed by atoms with Gasteiger partial charge in [-0.25, -0.2) is 9.97 Å². The monoisotopic (exact) mass is 224 g/mol. The zero-order valence-corrected chi connectivity index (χ0v) is 8.98. The second-order valence-corrected chi connectivity index (χ2v) is 3.10. The maximum absolute atomic E-state index is 5.55. The molecule has 0 spiro atoms. The molecule has 0 atom stereocenters. The summed E-state index contributed by atoms with van der Waals surface area (Å²) >= 11 is 5.55. The SMILES string of the molecule is NC/C=C\C=C/NCc1cnc(Cl)nc1. The van der Waals surface area contributed by atoms with Gasteiger partial charge in [0.2, 0.25) is 5.28 Å². The molecule has 0 radical (unpaired) electrons. The summed E-state index contributed by atoms with van der Waals surface area (Å²) in [6.07, 6.45) is 10.8. The van der Waals surface area contributed by atoms with Crippen molar-refractivity contribution in [1.29, 1.82) is 0 Å². The summed E-state index contributed by atoms with van der Waals surface area (Å²) in [5.74, 6) is 0. The van der Waals surface area contributed by atoms with Gasteiger partial charge in [-0.1, -0.05) is 12.2 Å². The number of hydrogen-bond donors (Lipinski definition) is 2. The smallest absolute Gasteiger partial charge is 0.222 e. The van der Waals surface area contributed by atoms with Crippen LogP contribution in [0.1, 0.15) is 5.56 Å². The molecule has 1 aromatic heterocycles. The van der Waals surface area contributed by atoms with Crippen LogP contribution in [-0.2, 0) is 6.54 Å². The van der Waals surface area contributed by atoms with E-state index in [1.54, 1.807) is 12.4 Å². The Bertz CT molecular complexity index is 332. The minimum atomic E-state index is 0.264. The van der Waals surface area contributed by atoms with Gasteiger partial charge in [0.15, 0.2) is 0 Å². The molecule has 0 aliphatic rings. The van der Waals surface area contributed by atoms with Crippen LogP contribution in [-0.4, -0.2) is 16.5 Å². The lowest BCUT2D eigenvalue weighted by Crippen LogP contribution is -2.04. The minimum absolute atomic E-state index is 0.264. The van der Waals surface area contributed by atoms with Gasteiger partial charge in [-0.15, -0.1) is 0 Å². The molecule has 5 heteroatoms. The number of halogens is 1. The second kappa shape index (κ2) is 6.98. The van der Waals surface area contributed by atoms with Crippen molar-refractivity contribution < 1.29 is 0 Å². The fourth-order valence-electron chi connectivity index (χ4n) is 0.888. The van der Waals surface area contributed by atoms with Gasteiger partial charge in [-0.3, -0.25) is 0 Å². The van der Waals surface area contributed by atoms with Gasteiger partial charge in [0, 0.05) is 31.0 Å². The second-order valence-electron chi connectivity index (χ2n) is 2.76. The number of rotatable bonds is 5. The first kappa shape index (κ1) is 11.7. The Kier molecular flexibility index (Phi) is 5.43. The van der Waals surface area contributed by atoms with Crippen LogP contribution in [0.2, 0.25) is 5.28 Å². The highest BCUT2D eigenvalue weighted by Gasteiger charge is 1.92. The molecule has 0 amide bonds. The molecule has 0 bridgehead atoms. The van der Waals surface area contributed by atoms with E-state index in [2.05, 4.69) is 15.3 Å². The number of hydrogen-bond acceptors (Lipinski definition) is 4. The molecule has 1 rings (SSSR count). The minimum Gasteiger partial charge on any atom is -0.387 e. The topological polar surface area (TPSA) is 63.8 Å². The first-order valence-corrected chi connectivity index (χ1v) is 4.92. The molecule has 0 fully saturated rings. The van der Waals surface area contributed by atoms with Gasteiger partial charge in [0.1, 0.15) is 0 Å². The molecular formula is C10H13ClN4. The number of nitrogens with zero attached hydrogens (tertiary/aromatic N) is 2. The summed E-state index contributed by atoms with van der Waals surface area (Å²) in [5.41, 5.74) is 6.26. The zero-order chi connectivity index (χ0) is 10.9. The summed E-state index contributed by atoms with van der Waals surface area (Å²) in [6, 6.07) is 0. The molecule has 1 aromatic rings. The largest absolute Gasteiger partial charge is 0.387 e. The van der Waals surface area contributed by atoms with Crippen molar-refractivity contribution in [2.75, 3.05) is 6.54 Å². The van der Waals surface area contributed by atoms with Gasteiger partial charge >= 0.3 is 0 Å². The highest BCUT2D eigenvalue weighted by Crippen LogP contribution is 1.99. The van der Waals surface area contributed by atoms with Gasteiger partial charge in [-0.05, 0) is 23.9 Å². The van der Waals surface area contributed by atoms with E-state index in [4.69, 9.17) is 17.3 Å². The van der Waals surface area contributed by atoms with Crippen LogP contribution in [0.5, 0.6) is 0 Å². The lowest BCUT2D eigenvalue weighted by molar-refractivity contribution is 0.853. The maximum atomic E-state index is 5.55. The van der Waals surface area contributed by atoms with E-state index >= 15 is 0 Å². The number of allylic oxidation sites excluding steroid dienone is 2. The summed E-state index contributed by atoms with van der Waals surface area (Å²) in [5, 5.41) is 3.35. The first-order valence-electron chi connectivity index (χ1n) is 4.54. The van der Waals surface area contributed by atoms with E-state index in [-0.39, 0.29) is 5.28 Å². The molecular weight excluding hydrogens is 212 g/mol. The third kappa shape index (κ3) is 5.15. The standard InChI is InChI=1S/C10H13ClN4/c11-10-14-7-9(8-15-10)6-13-5-3-1-2-4-12/h1-3,5,7-8,13H,4,6,12H2/b2-1-,5-3-. The number of aromatic nitrogens is 2. The number of nitrogens with two attached hydrogens (primary N) is 1. The van der Waals surface area contributed by atoms with Gasteiger partial charge in [0.05, 0.1) is 0 Å². The summed E-state index contributed by atoms with van der Waals surface area (Å²) in [7, 11) is 0. The fraction of sp³-hybridized carbons (Fsp3) is 0.200. The van der Waals surface area contributed by atoms with E-state index in [1.807, 2.05) is 24.4 Å². The van der Waals surface area contributed by atoms with Crippen LogP contribution in [0.25, 0.3) is 0 Å². The van der Waals surface area contributed by atoms with Crippen molar-refractivity contribution >= 4 is 11.6 Å². The molecule has 1 heterocycles. The van der Waals surface area contributed by atoms with Crippen LogP contribution in [0.4, 0.5) is 0 Å². The van der Waals surface area contributed by atoms with Crippen molar-refractivity contribution in [2.24, 2.45) is 5.73 Å². The van der Waals surface area contributed by atoms with Gasteiger partial charge in [-0.2, -0.15) is 0 Å². The number of nitrogens with one attached hydrogen (secondary N) is 1. The Balaban J connectivity index is 2.28. The zero-order valence-electron chi connectivity index (χ0n) is 8.23. The first-order chi connectivity index (χ1) is 7.33. The quantitative estimate of drug-likeness (QED) is 0.584. The molecule has 15 heavy (non-hydrogen) atoms. The molecule has 0 aliphatic carbocycles. The summed E-state index contributed by atoms with van der Waals surface area (Å²) in [4.78, 5) is 7.73. The van der Waals surface area contributed by atoms with Crippen LogP contribution in [0, 0.1) is 0 Å². The Morgan fingerprint density at radius 3 is 2.73 bits per heavy atom. The van der Waals surface area contributed by atoms with Crippen molar-refractivity contribution in [2.45, 2.75) is 6.54 Å². The van der Waals surface area contributed by atoms with Crippen LogP contribution >= 0.6 is 11.6 Å². The van der Waals surface area contributed by atoms with Gasteiger partial charge < -0.3 is 11.1 Å².